The summed E-state index contributed by atoms with van der Waals surface area (Å²) in [4.78, 5) is 0. The normalized spacial score (nSPS) is 19.2. The van der Waals surface area contributed by atoms with Gasteiger partial charge in [0.2, 0.25) is 0 Å². The van der Waals surface area contributed by atoms with Crippen LogP contribution in [0.3, 0.4) is 0 Å². The molecule has 112 valence electrons. The minimum Gasteiger partial charge on any atom is -0.207 e. The lowest BCUT2D eigenvalue weighted by atomic mass is 10.1. The van der Waals surface area contributed by atoms with E-state index >= 15 is 0 Å². The molecule has 0 amide bonds. The minimum atomic E-state index is -3.45. The maximum atomic E-state index is 12.9. The summed E-state index contributed by atoms with van der Waals surface area (Å²) in [7, 11) is -1.87. The highest BCUT2D eigenvalue weighted by Crippen LogP contribution is 2.25. The van der Waals surface area contributed by atoms with Gasteiger partial charge in [-0.25, -0.2) is 4.39 Å². The van der Waals surface area contributed by atoms with E-state index in [1.807, 2.05) is 6.92 Å². The number of rotatable bonds is 4. The molecule has 1 aromatic carbocycles. The fourth-order valence-electron chi connectivity index (χ4n) is 2.43. The van der Waals surface area contributed by atoms with Crippen molar-refractivity contribution in [3.63, 3.8) is 0 Å². The van der Waals surface area contributed by atoms with Crippen molar-refractivity contribution in [1.82, 2.24) is 8.61 Å². The Morgan fingerprint density at radius 2 is 1.70 bits per heavy atom. The zero-order chi connectivity index (χ0) is 14.8. The maximum Gasteiger partial charge on any atom is 0.282 e. The second kappa shape index (κ2) is 6.20. The molecular formula is C14H21FN2O2S. The molecule has 2 rings (SSSR count). The number of piperidine rings is 1. The second-order valence-corrected chi connectivity index (χ2v) is 7.20. The van der Waals surface area contributed by atoms with Crippen LogP contribution in [0.1, 0.15) is 37.8 Å². The molecule has 0 saturated carbocycles. The van der Waals surface area contributed by atoms with Gasteiger partial charge in [-0.15, -0.1) is 0 Å². The van der Waals surface area contributed by atoms with Gasteiger partial charge < -0.3 is 0 Å². The van der Waals surface area contributed by atoms with E-state index < -0.39 is 10.2 Å². The third-order valence-corrected chi connectivity index (χ3v) is 5.96. The lowest BCUT2D eigenvalue weighted by molar-refractivity contribution is 0.297. The highest BCUT2D eigenvalue weighted by Gasteiger charge is 2.31. The van der Waals surface area contributed by atoms with Crippen molar-refractivity contribution in [1.29, 1.82) is 0 Å². The quantitative estimate of drug-likeness (QED) is 0.857. The Morgan fingerprint density at radius 3 is 2.25 bits per heavy atom. The molecule has 0 aliphatic carbocycles. The molecule has 1 unspecified atom stereocenters. The van der Waals surface area contributed by atoms with Crippen molar-refractivity contribution in [2.24, 2.45) is 0 Å². The summed E-state index contributed by atoms with van der Waals surface area (Å²) in [6.07, 6.45) is 2.92. The first-order valence-corrected chi connectivity index (χ1v) is 8.31. The fourth-order valence-corrected chi connectivity index (χ4v) is 4.03. The summed E-state index contributed by atoms with van der Waals surface area (Å²) in [5, 5.41) is 0. The van der Waals surface area contributed by atoms with Crippen molar-refractivity contribution in [2.45, 2.75) is 32.2 Å². The lowest BCUT2D eigenvalue weighted by Crippen LogP contribution is -2.45. The molecule has 0 spiro atoms. The molecule has 1 saturated heterocycles. The number of hydrogen-bond acceptors (Lipinski definition) is 2. The van der Waals surface area contributed by atoms with Gasteiger partial charge in [-0.3, -0.25) is 0 Å². The van der Waals surface area contributed by atoms with Crippen molar-refractivity contribution in [3.8, 4) is 0 Å². The molecule has 0 aromatic heterocycles. The van der Waals surface area contributed by atoms with Crippen LogP contribution in [0.4, 0.5) is 4.39 Å². The molecule has 1 heterocycles. The van der Waals surface area contributed by atoms with E-state index in [2.05, 4.69) is 0 Å². The van der Waals surface area contributed by atoms with E-state index in [1.165, 1.54) is 20.7 Å². The number of halogens is 1. The van der Waals surface area contributed by atoms with Gasteiger partial charge in [-0.1, -0.05) is 18.6 Å². The van der Waals surface area contributed by atoms with E-state index in [0.717, 1.165) is 24.8 Å². The first kappa shape index (κ1) is 15.4. The Hall–Kier alpha value is -0.980. The van der Waals surface area contributed by atoms with E-state index in [0.29, 0.717) is 13.1 Å². The van der Waals surface area contributed by atoms with Crippen LogP contribution in [0.25, 0.3) is 0 Å². The van der Waals surface area contributed by atoms with Crippen LogP contribution in [0.2, 0.25) is 0 Å². The molecular weight excluding hydrogens is 279 g/mol. The van der Waals surface area contributed by atoms with Gasteiger partial charge in [0.05, 0.1) is 0 Å². The summed E-state index contributed by atoms with van der Waals surface area (Å²) in [6.45, 7) is 2.99. The number of nitrogens with zero attached hydrogens (tertiary/aromatic N) is 2. The first-order valence-electron chi connectivity index (χ1n) is 6.91. The minimum absolute atomic E-state index is 0.317. The highest BCUT2D eigenvalue weighted by atomic mass is 32.2. The highest BCUT2D eigenvalue weighted by molar-refractivity contribution is 7.86. The predicted molar refractivity (Wildman–Crippen MR) is 76.9 cm³/mol. The number of benzene rings is 1. The predicted octanol–water partition coefficient (Wildman–Crippen LogP) is 2.55. The second-order valence-electron chi connectivity index (χ2n) is 5.21. The maximum absolute atomic E-state index is 12.9. The molecule has 1 fully saturated rings. The van der Waals surface area contributed by atoms with Gasteiger partial charge in [0.15, 0.2) is 0 Å². The topological polar surface area (TPSA) is 40.6 Å². The van der Waals surface area contributed by atoms with Crippen molar-refractivity contribution in [2.75, 3.05) is 20.1 Å². The molecule has 6 heteroatoms. The summed E-state index contributed by atoms with van der Waals surface area (Å²) in [5.74, 6) is -0.317. The van der Waals surface area contributed by atoms with Gasteiger partial charge in [-0.2, -0.15) is 17.0 Å². The summed E-state index contributed by atoms with van der Waals surface area (Å²) < 4.78 is 40.9. The summed E-state index contributed by atoms with van der Waals surface area (Å²) in [5.41, 5.74) is 0.787. The Kier molecular flexibility index (Phi) is 4.78. The SMILES string of the molecule is CC(c1ccc(F)cc1)N(C)S(=O)(=O)N1CCCCC1. The smallest absolute Gasteiger partial charge is 0.207 e. The molecule has 0 N–H and O–H groups in total. The average molecular weight is 300 g/mol. The van der Waals surface area contributed by atoms with Gasteiger partial charge in [-0.05, 0) is 37.5 Å². The van der Waals surface area contributed by atoms with Crippen LogP contribution in [-0.4, -0.2) is 37.2 Å². The van der Waals surface area contributed by atoms with Crippen molar-refractivity contribution >= 4 is 10.2 Å². The van der Waals surface area contributed by atoms with Crippen LogP contribution in [0, 0.1) is 5.82 Å². The zero-order valence-corrected chi connectivity index (χ0v) is 12.7. The Bertz CT molecular complexity index is 539. The van der Waals surface area contributed by atoms with E-state index in [-0.39, 0.29) is 11.9 Å². The van der Waals surface area contributed by atoms with E-state index in [4.69, 9.17) is 0 Å². The molecule has 20 heavy (non-hydrogen) atoms. The van der Waals surface area contributed by atoms with Crippen LogP contribution in [0.15, 0.2) is 24.3 Å². The van der Waals surface area contributed by atoms with Crippen molar-refractivity contribution < 1.29 is 12.8 Å². The Morgan fingerprint density at radius 1 is 1.15 bits per heavy atom. The van der Waals surface area contributed by atoms with Crippen molar-refractivity contribution in [3.05, 3.63) is 35.6 Å². The molecule has 0 bridgehead atoms. The molecule has 1 atom stereocenters. The lowest BCUT2D eigenvalue weighted by Gasteiger charge is -2.33. The number of hydrogen-bond donors (Lipinski definition) is 0. The van der Waals surface area contributed by atoms with Crippen LogP contribution in [-0.2, 0) is 10.2 Å². The largest absolute Gasteiger partial charge is 0.282 e. The average Bonchev–Trinajstić information content (AvgIpc) is 2.47. The summed E-state index contributed by atoms with van der Waals surface area (Å²) >= 11 is 0. The molecule has 1 aliphatic rings. The fraction of sp³-hybridized carbons (Fsp3) is 0.571. The molecule has 0 radical (unpaired) electrons. The first-order chi connectivity index (χ1) is 9.43. The van der Waals surface area contributed by atoms with E-state index in [9.17, 15) is 12.8 Å². The standard InChI is InChI=1S/C14H21FN2O2S/c1-12(13-6-8-14(15)9-7-13)16(2)20(18,19)17-10-4-3-5-11-17/h6-9,12H,3-5,10-11H2,1-2H3. The molecule has 1 aliphatic heterocycles. The summed E-state index contributed by atoms with van der Waals surface area (Å²) in [6, 6.07) is 5.65. The molecule has 4 nitrogen and oxygen atoms in total. The third-order valence-electron chi connectivity index (χ3n) is 3.90. The molecule has 1 aromatic rings. The van der Waals surface area contributed by atoms with Crippen LogP contribution >= 0.6 is 0 Å². The van der Waals surface area contributed by atoms with Gasteiger partial charge in [0, 0.05) is 26.2 Å². The van der Waals surface area contributed by atoms with Gasteiger partial charge in [0.1, 0.15) is 5.82 Å². The Balaban J connectivity index is 2.16. The zero-order valence-electron chi connectivity index (χ0n) is 11.9. The van der Waals surface area contributed by atoms with Gasteiger partial charge >= 0.3 is 0 Å². The van der Waals surface area contributed by atoms with Crippen LogP contribution < -0.4 is 0 Å². The monoisotopic (exact) mass is 300 g/mol. The van der Waals surface area contributed by atoms with E-state index in [1.54, 1.807) is 19.2 Å². The Labute approximate surface area is 120 Å². The van der Waals surface area contributed by atoms with Crippen LogP contribution in [0.5, 0.6) is 0 Å². The third kappa shape index (κ3) is 3.19. The van der Waals surface area contributed by atoms with Gasteiger partial charge in [0.25, 0.3) is 10.2 Å².